The number of ether oxygens (including phenoxy) is 8. The van der Waals surface area contributed by atoms with Gasteiger partial charge in [-0.3, -0.25) is 19.2 Å². The van der Waals surface area contributed by atoms with Gasteiger partial charge < -0.3 is 37.9 Å². The molecule has 1 saturated heterocycles. The van der Waals surface area contributed by atoms with E-state index in [1.165, 1.54) is 13.2 Å². The lowest BCUT2D eigenvalue weighted by molar-refractivity contribution is -0.339. The summed E-state index contributed by atoms with van der Waals surface area (Å²) < 4.78 is 44.6. The van der Waals surface area contributed by atoms with Crippen LogP contribution in [0.2, 0.25) is 0 Å². The van der Waals surface area contributed by atoms with E-state index in [9.17, 15) is 19.2 Å². The maximum atomic E-state index is 12.0. The van der Waals surface area contributed by atoms with Crippen molar-refractivity contribution in [3.63, 3.8) is 0 Å². The molecule has 0 aromatic carbocycles. The zero-order valence-corrected chi connectivity index (χ0v) is 20.5. The summed E-state index contributed by atoms with van der Waals surface area (Å²) in [6, 6.07) is 0. The van der Waals surface area contributed by atoms with Crippen molar-refractivity contribution < 1.29 is 57.1 Å². The molecular weight excluding hydrogens is 480 g/mol. The van der Waals surface area contributed by atoms with Gasteiger partial charge in [0, 0.05) is 33.3 Å². The number of hydrogen-bond donors (Lipinski definition) is 0. The zero-order chi connectivity index (χ0) is 26.4. The normalized spacial score (nSPS) is 31.4. The Morgan fingerprint density at radius 3 is 2.19 bits per heavy atom. The molecule has 198 valence electrons. The molecule has 36 heavy (non-hydrogen) atoms. The number of esters is 4. The van der Waals surface area contributed by atoms with E-state index in [1.54, 1.807) is 6.08 Å². The summed E-state index contributed by atoms with van der Waals surface area (Å²) in [6.45, 7) is 8.91. The third kappa shape index (κ3) is 6.71. The molecule has 0 aromatic rings. The molecule has 0 unspecified atom stereocenters. The van der Waals surface area contributed by atoms with Gasteiger partial charge in [0.15, 0.2) is 18.3 Å². The SMILES string of the molecule is C=C[C@@H]1C2=CCOCC2=CO[C@H]1O[C@H]1O[C@@H](COC(C)=O)[C@H](OC(C)=O)[C@@H](OC(C)=O)[C@@H]1OC(C)=O. The van der Waals surface area contributed by atoms with Crippen molar-refractivity contribution in [2.24, 2.45) is 5.92 Å². The molecular formula is C24H30O12. The molecule has 3 heterocycles. The highest BCUT2D eigenvalue weighted by Gasteiger charge is 2.54. The third-order valence-electron chi connectivity index (χ3n) is 5.52. The van der Waals surface area contributed by atoms with Gasteiger partial charge in [-0.25, -0.2) is 0 Å². The monoisotopic (exact) mass is 510 g/mol. The highest BCUT2D eigenvalue weighted by molar-refractivity contribution is 5.68. The van der Waals surface area contributed by atoms with Crippen molar-refractivity contribution in [2.75, 3.05) is 19.8 Å². The molecule has 0 spiro atoms. The predicted octanol–water partition coefficient (Wildman–Crippen LogP) is 1.09. The average molecular weight is 510 g/mol. The maximum Gasteiger partial charge on any atom is 0.303 e. The van der Waals surface area contributed by atoms with Crippen LogP contribution in [0.25, 0.3) is 0 Å². The minimum atomic E-state index is -1.37. The van der Waals surface area contributed by atoms with Gasteiger partial charge in [-0.15, -0.1) is 6.58 Å². The van der Waals surface area contributed by atoms with Crippen LogP contribution in [0.1, 0.15) is 27.7 Å². The third-order valence-corrected chi connectivity index (χ3v) is 5.52. The summed E-state index contributed by atoms with van der Waals surface area (Å²) in [4.78, 5) is 47.3. The van der Waals surface area contributed by atoms with Crippen molar-refractivity contribution >= 4 is 23.9 Å². The van der Waals surface area contributed by atoms with Gasteiger partial charge in [0.25, 0.3) is 0 Å². The standard InChI is InChI=1S/C24H30O12/c1-6-17-18-7-8-29-9-16(18)10-31-23(17)36-24-22(34-15(5)28)21(33-14(4)27)20(32-13(3)26)19(35-24)11-30-12(2)25/h6-7,10,17,19-24H,1,8-9,11H2,2-5H3/t17-,19+,20+,21-,22+,23+,24-/m1/s1. The highest BCUT2D eigenvalue weighted by Crippen LogP contribution is 2.37. The van der Waals surface area contributed by atoms with Gasteiger partial charge in [-0.2, -0.15) is 0 Å². The van der Waals surface area contributed by atoms with E-state index in [0.717, 1.165) is 31.9 Å². The smallest absolute Gasteiger partial charge is 0.303 e. The Balaban J connectivity index is 1.96. The van der Waals surface area contributed by atoms with E-state index in [2.05, 4.69) is 6.58 Å². The predicted molar refractivity (Wildman–Crippen MR) is 119 cm³/mol. The molecule has 0 aromatic heterocycles. The molecule has 0 bridgehead atoms. The Kier molecular flexibility index (Phi) is 9.24. The summed E-state index contributed by atoms with van der Waals surface area (Å²) in [6.07, 6.45) is -2.40. The van der Waals surface area contributed by atoms with Crippen LogP contribution < -0.4 is 0 Å². The van der Waals surface area contributed by atoms with E-state index < -0.39 is 66.8 Å². The van der Waals surface area contributed by atoms with E-state index in [0.29, 0.717) is 13.2 Å². The Morgan fingerprint density at radius 1 is 0.944 bits per heavy atom. The van der Waals surface area contributed by atoms with Crippen LogP contribution in [0.15, 0.2) is 36.1 Å². The van der Waals surface area contributed by atoms with Crippen LogP contribution in [0.5, 0.6) is 0 Å². The van der Waals surface area contributed by atoms with Crippen LogP contribution >= 0.6 is 0 Å². The lowest BCUT2D eigenvalue weighted by Gasteiger charge is -2.45. The van der Waals surface area contributed by atoms with Crippen molar-refractivity contribution in [3.05, 3.63) is 36.1 Å². The van der Waals surface area contributed by atoms with Gasteiger partial charge in [-0.1, -0.05) is 12.2 Å². The molecule has 12 nitrogen and oxygen atoms in total. The second kappa shape index (κ2) is 12.2. The van der Waals surface area contributed by atoms with E-state index in [1.807, 2.05) is 6.08 Å². The first kappa shape index (κ1) is 27.4. The molecule has 0 amide bonds. The molecule has 7 atom stereocenters. The summed E-state index contributed by atoms with van der Waals surface area (Å²) in [5.74, 6) is -3.23. The quantitative estimate of drug-likeness (QED) is 0.262. The molecule has 3 aliphatic heterocycles. The first-order chi connectivity index (χ1) is 17.1. The Morgan fingerprint density at radius 2 is 1.58 bits per heavy atom. The molecule has 0 saturated carbocycles. The molecule has 12 heteroatoms. The minimum Gasteiger partial charge on any atom is -0.471 e. The van der Waals surface area contributed by atoms with E-state index in [4.69, 9.17) is 37.9 Å². The molecule has 0 N–H and O–H groups in total. The summed E-state index contributed by atoms with van der Waals surface area (Å²) in [5, 5.41) is 0. The van der Waals surface area contributed by atoms with Gasteiger partial charge in [-0.05, 0) is 5.57 Å². The fourth-order valence-electron chi connectivity index (χ4n) is 4.15. The van der Waals surface area contributed by atoms with E-state index in [-0.39, 0.29) is 6.61 Å². The fourth-order valence-corrected chi connectivity index (χ4v) is 4.15. The van der Waals surface area contributed by atoms with Gasteiger partial charge in [0.1, 0.15) is 12.7 Å². The maximum absolute atomic E-state index is 12.0. The number of hydrogen-bond acceptors (Lipinski definition) is 12. The van der Waals surface area contributed by atoms with Gasteiger partial charge in [0.05, 0.1) is 25.4 Å². The number of carbonyl (C=O) groups excluding carboxylic acids is 4. The zero-order valence-electron chi connectivity index (χ0n) is 20.5. The van der Waals surface area contributed by atoms with Crippen molar-refractivity contribution in [1.82, 2.24) is 0 Å². The molecule has 3 aliphatic rings. The summed E-state index contributed by atoms with van der Waals surface area (Å²) >= 11 is 0. The van der Waals surface area contributed by atoms with Crippen molar-refractivity contribution in [1.29, 1.82) is 0 Å². The highest BCUT2D eigenvalue weighted by atomic mass is 16.8. The Hall–Kier alpha value is -3.22. The summed E-state index contributed by atoms with van der Waals surface area (Å²) in [5.41, 5.74) is 1.73. The lowest BCUT2D eigenvalue weighted by atomic mass is 9.89. The molecule has 1 fully saturated rings. The fraction of sp³-hybridized carbons (Fsp3) is 0.583. The Bertz CT molecular complexity index is 937. The lowest BCUT2D eigenvalue weighted by Crippen LogP contribution is -2.63. The summed E-state index contributed by atoms with van der Waals surface area (Å²) in [7, 11) is 0. The first-order valence-corrected chi connectivity index (χ1v) is 11.3. The molecule has 3 rings (SSSR count). The van der Waals surface area contributed by atoms with Gasteiger partial charge >= 0.3 is 23.9 Å². The van der Waals surface area contributed by atoms with Gasteiger partial charge in [0.2, 0.25) is 12.6 Å². The largest absolute Gasteiger partial charge is 0.471 e. The first-order valence-electron chi connectivity index (χ1n) is 11.3. The average Bonchev–Trinajstić information content (AvgIpc) is 2.80. The van der Waals surface area contributed by atoms with E-state index >= 15 is 0 Å². The topological polar surface area (TPSA) is 142 Å². The van der Waals surface area contributed by atoms with Crippen LogP contribution in [-0.2, 0) is 57.1 Å². The number of fused-ring (bicyclic) bond motifs is 1. The van der Waals surface area contributed by atoms with Crippen LogP contribution in [0, 0.1) is 5.92 Å². The Labute approximate surface area is 208 Å². The van der Waals surface area contributed by atoms with Crippen molar-refractivity contribution in [2.45, 2.75) is 64.7 Å². The van der Waals surface area contributed by atoms with Crippen LogP contribution in [0.3, 0.4) is 0 Å². The van der Waals surface area contributed by atoms with Crippen molar-refractivity contribution in [3.8, 4) is 0 Å². The number of carbonyl (C=O) groups is 4. The number of rotatable bonds is 8. The van der Waals surface area contributed by atoms with Crippen LogP contribution in [0.4, 0.5) is 0 Å². The second-order valence-electron chi connectivity index (χ2n) is 8.29. The van der Waals surface area contributed by atoms with Crippen LogP contribution in [-0.4, -0.2) is 80.7 Å². The second-order valence-corrected chi connectivity index (χ2v) is 8.29. The minimum absolute atomic E-state index is 0.360. The molecule has 0 radical (unpaired) electrons. The molecule has 0 aliphatic carbocycles.